The largest absolute Gasteiger partial charge is 0.465 e. The molecular weight excluding hydrogens is 344 g/mol. The molecule has 1 saturated heterocycles. The highest BCUT2D eigenvalue weighted by Gasteiger charge is 2.33. The summed E-state index contributed by atoms with van der Waals surface area (Å²) in [5.74, 6) is 0. The third-order valence-electron chi connectivity index (χ3n) is 4.56. The molecule has 1 amide bonds. The van der Waals surface area contributed by atoms with Crippen molar-refractivity contribution in [3.05, 3.63) is 47.5 Å². The SMILES string of the molecule is O=C(O)N1CCCC(N2c3ccccc3Sc3ccc(Cl)cc32)C1. The highest BCUT2D eigenvalue weighted by molar-refractivity contribution is 7.99. The quantitative estimate of drug-likeness (QED) is 0.769. The van der Waals surface area contributed by atoms with Gasteiger partial charge in [-0.1, -0.05) is 35.5 Å². The van der Waals surface area contributed by atoms with Gasteiger partial charge < -0.3 is 14.9 Å². The van der Waals surface area contributed by atoms with E-state index in [1.807, 2.05) is 30.3 Å². The number of para-hydroxylation sites is 1. The first-order chi connectivity index (χ1) is 11.6. The number of rotatable bonds is 1. The summed E-state index contributed by atoms with van der Waals surface area (Å²) in [6.07, 6.45) is 0.999. The van der Waals surface area contributed by atoms with E-state index in [2.05, 4.69) is 17.0 Å². The average Bonchev–Trinajstić information content (AvgIpc) is 2.60. The first-order valence-electron chi connectivity index (χ1n) is 7.97. The van der Waals surface area contributed by atoms with Crippen molar-refractivity contribution in [2.45, 2.75) is 28.7 Å². The molecule has 4 rings (SSSR count). The molecule has 2 aromatic rings. The molecule has 0 saturated carbocycles. The van der Waals surface area contributed by atoms with E-state index in [4.69, 9.17) is 11.6 Å². The van der Waals surface area contributed by atoms with Crippen LogP contribution in [0, 0.1) is 0 Å². The third kappa shape index (κ3) is 2.72. The Morgan fingerprint density at radius 3 is 2.79 bits per heavy atom. The number of halogens is 1. The molecule has 124 valence electrons. The highest BCUT2D eigenvalue weighted by atomic mass is 35.5. The van der Waals surface area contributed by atoms with Crippen LogP contribution in [0.15, 0.2) is 52.3 Å². The second-order valence-corrected chi connectivity index (χ2v) is 7.60. The zero-order valence-corrected chi connectivity index (χ0v) is 14.6. The summed E-state index contributed by atoms with van der Waals surface area (Å²) in [6, 6.07) is 14.3. The summed E-state index contributed by atoms with van der Waals surface area (Å²) in [5.41, 5.74) is 2.21. The lowest BCUT2D eigenvalue weighted by Crippen LogP contribution is -2.48. The molecule has 2 aromatic carbocycles. The number of carboxylic acid groups (broad SMARTS) is 1. The lowest BCUT2D eigenvalue weighted by atomic mass is 10.0. The van der Waals surface area contributed by atoms with E-state index in [1.54, 1.807) is 11.8 Å². The predicted octanol–water partition coefficient (Wildman–Crippen LogP) is 5.09. The van der Waals surface area contributed by atoms with Crippen LogP contribution in [-0.2, 0) is 0 Å². The standard InChI is InChI=1S/C18H17ClN2O2S/c19-12-7-8-17-15(10-12)21(14-5-1-2-6-16(14)24-17)13-4-3-9-20(11-13)18(22)23/h1-2,5-8,10,13H,3-4,9,11H2,(H,22,23). The Balaban J connectivity index is 1.79. The van der Waals surface area contributed by atoms with E-state index < -0.39 is 6.09 Å². The van der Waals surface area contributed by atoms with Gasteiger partial charge in [-0.05, 0) is 43.2 Å². The number of hydrogen-bond donors (Lipinski definition) is 1. The Labute approximate surface area is 150 Å². The maximum atomic E-state index is 11.4. The molecule has 0 spiro atoms. The molecule has 2 aliphatic heterocycles. The molecule has 0 aromatic heterocycles. The van der Waals surface area contributed by atoms with Crippen molar-refractivity contribution in [1.82, 2.24) is 4.90 Å². The number of nitrogens with zero attached hydrogens (tertiary/aromatic N) is 2. The number of carbonyl (C=O) groups is 1. The Morgan fingerprint density at radius 1 is 1.17 bits per heavy atom. The molecule has 1 atom stereocenters. The van der Waals surface area contributed by atoms with Crippen LogP contribution >= 0.6 is 23.4 Å². The van der Waals surface area contributed by atoms with E-state index >= 15 is 0 Å². The Hall–Kier alpha value is -1.85. The van der Waals surface area contributed by atoms with Gasteiger partial charge in [0.25, 0.3) is 0 Å². The fraction of sp³-hybridized carbons (Fsp3) is 0.278. The number of benzene rings is 2. The van der Waals surface area contributed by atoms with Crippen LogP contribution < -0.4 is 4.90 Å². The summed E-state index contributed by atoms with van der Waals surface area (Å²) < 4.78 is 0. The van der Waals surface area contributed by atoms with Crippen molar-refractivity contribution in [3.8, 4) is 0 Å². The molecule has 1 unspecified atom stereocenters. The van der Waals surface area contributed by atoms with Crippen molar-refractivity contribution < 1.29 is 9.90 Å². The highest BCUT2D eigenvalue weighted by Crippen LogP contribution is 2.50. The van der Waals surface area contributed by atoms with E-state index in [9.17, 15) is 9.90 Å². The van der Waals surface area contributed by atoms with Crippen LogP contribution in [0.25, 0.3) is 0 Å². The number of anilines is 2. The van der Waals surface area contributed by atoms with Gasteiger partial charge in [-0.3, -0.25) is 0 Å². The van der Waals surface area contributed by atoms with Gasteiger partial charge >= 0.3 is 6.09 Å². The lowest BCUT2D eigenvalue weighted by molar-refractivity contribution is 0.131. The Morgan fingerprint density at radius 2 is 1.96 bits per heavy atom. The van der Waals surface area contributed by atoms with Crippen molar-refractivity contribution in [2.75, 3.05) is 18.0 Å². The van der Waals surface area contributed by atoms with Gasteiger partial charge in [-0.25, -0.2) is 4.79 Å². The van der Waals surface area contributed by atoms with E-state index in [-0.39, 0.29) is 6.04 Å². The van der Waals surface area contributed by atoms with E-state index in [0.29, 0.717) is 18.1 Å². The maximum absolute atomic E-state index is 11.4. The molecule has 1 fully saturated rings. The van der Waals surface area contributed by atoms with Crippen LogP contribution in [0.2, 0.25) is 5.02 Å². The summed E-state index contributed by atoms with van der Waals surface area (Å²) in [7, 11) is 0. The fourth-order valence-corrected chi connectivity index (χ4v) is 4.71. The number of fused-ring (bicyclic) bond motifs is 2. The first kappa shape index (κ1) is 15.7. The van der Waals surface area contributed by atoms with Gasteiger partial charge in [0.05, 0.1) is 17.4 Å². The predicted molar refractivity (Wildman–Crippen MR) is 96.8 cm³/mol. The molecule has 6 heteroatoms. The van der Waals surface area contributed by atoms with Gasteiger partial charge in [-0.2, -0.15) is 0 Å². The molecule has 1 N–H and O–H groups in total. The van der Waals surface area contributed by atoms with Gasteiger partial charge in [0.1, 0.15) is 0 Å². The van der Waals surface area contributed by atoms with Crippen LogP contribution in [0.3, 0.4) is 0 Å². The van der Waals surface area contributed by atoms with Crippen LogP contribution in [0.5, 0.6) is 0 Å². The van der Waals surface area contributed by atoms with E-state index in [1.165, 1.54) is 9.80 Å². The monoisotopic (exact) mass is 360 g/mol. The minimum absolute atomic E-state index is 0.120. The molecule has 0 aliphatic carbocycles. The second-order valence-electron chi connectivity index (χ2n) is 6.08. The molecule has 0 bridgehead atoms. The van der Waals surface area contributed by atoms with Crippen molar-refractivity contribution in [1.29, 1.82) is 0 Å². The minimum Gasteiger partial charge on any atom is -0.465 e. The summed E-state index contributed by atoms with van der Waals surface area (Å²) in [5, 5.41) is 10.1. The molecular formula is C18H17ClN2O2S. The Kier molecular flexibility index (Phi) is 4.06. The number of piperidine rings is 1. The first-order valence-corrected chi connectivity index (χ1v) is 9.16. The molecule has 2 heterocycles. The maximum Gasteiger partial charge on any atom is 0.407 e. The summed E-state index contributed by atoms with van der Waals surface area (Å²) in [6.45, 7) is 1.12. The van der Waals surface area contributed by atoms with Crippen molar-refractivity contribution >= 4 is 40.8 Å². The Bertz CT molecular complexity index is 798. The van der Waals surface area contributed by atoms with Crippen LogP contribution in [0.1, 0.15) is 12.8 Å². The van der Waals surface area contributed by atoms with Gasteiger partial charge in [0.2, 0.25) is 0 Å². The fourth-order valence-electron chi connectivity index (χ4n) is 3.49. The van der Waals surface area contributed by atoms with Crippen LogP contribution in [0.4, 0.5) is 16.2 Å². The van der Waals surface area contributed by atoms with Crippen molar-refractivity contribution in [2.24, 2.45) is 0 Å². The lowest BCUT2D eigenvalue weighted by Gasteiger charge is -2.42. The number of hydrogen-bond acceptors (Lipinski definition) is 3. The van der Waals surface area contributed by atoms with Crippen molar-refractivity contribution in [3.63, 3.8) is 0 Å². The van der Waals surface area contributed by atoms with E-state index in [0.717, 1.165) is 29.1 Å². The third-order valence-corrected chi connectivity index (χ3v) is 5.92. The summed E-state index contributed by atoms with van der Waals surface area (Å²) in [4.78, 5) is 17.6. The van der Waals surface area contributed by atoms with Gasteiger partial charge in [0.15, 0.2) is 0 Å². The molecule has 4 nitrogen and oxygen atoms in total. The van der Waals surface area contributed by atoms with Gasteiger partial charge in [-0.15, -0.1) is 0 Å². The van der Waals surface area contributed by atoms with Crippen LogP contribution in [-0.4, -0.2) is 35.2 Å². The number of amides is 1. The zero-order chi connectivity index (χ0) is 16.7. The van der Waals surface area contributed by atoms with Gasteiger partial charge in [0, 0.05) is 27.9 Å². The topological polar surface area (TPSA) is 43.8 Å². The zero-order valence-electron chi connectivity index (χ0n) is 13.0. The normalized spacial score (nSPS) is 19.6. The molecule has 0 radical (unpaired) electrons. The number of likely N-dealkylation sites (tertiary alicyclic amines) is 1. The second kappa shape index (κ2) is 6.22. The molecule has 24 heavy (non-hydrogen) atoms. The smallest absolute Gasteiger partial charge is 0.407 e. The summed E-state index contributed by atoms with van der Waals surface area (Å²) >= 11 is 7.98. The average molecular weight is 361 g/mol. The molecule has 2 aliphatic rings. The minimum atomic E-state index is -0.842.